The summed E-state index contributed by atoms with van der Waals surface area (Å²) in [6, 6.07) is 8.24. The molecule has 0 aliphatic carbocycles. The molecule has 0 bridgehead atoms. The zero-order valence-corrected chi connectivity index (χ0v) is 9.90. The molecule has 0 fully saturated rings. The molecule has 0 unspecified atom stereocenters. The van der Waals surface area contributed by atoms with Crippen LogP contribution < -0.4 is 10.4 Å². The molecule has 0 N–H and O–H groups in total. The second-order valence-electron chi connectivity index (χ2n) is 2.72. The van der Waals surface area contributed by atoms with Gasteiger partial charge in [0.15, 0.2) is 0 Å². The van der Waals surface area contributed by atoms with Crippen molar-refractivity contribution < 1.29 is 0 Å². The van der Waals surface area contributed by atoms with Crippen LogP contribution >= 0.6 is 0 Å². The van der Waals surface area contributed by atoms with E-state index >= 15 is 0 Å². The molecule has 0 atom stereocenters. The quantitative estimate of drug-likeness (QED) is 0.688. The molecule has 0 radical (unpaired) electrons. The van der Waals surface area contributed by atoms with Crippen molar-refractivity contribution in [2.75, 3.05) is 0 Å². The van der Waals surface area contributed by atoms with E-state index in [0.29, 0.717) is 0 Å². The molecule has 0 amide bonds. The van der Waals surface area contributed by atoms with Crippen LogP contribution in [0.25, 0.3) is 12.2 Å². The number of hydrogen-bond donors (Lipinski definition) is 0. The third-order valence-electron chi connectivity index (χ3n) is 1.76. The first-order valence-electron chi connectivity index (χ1n) is 5.39. The summed E-state index contributed by atoms with van der Waals surface area (Å²) in [5.41, 5.74) is 0. The van der Waals surface area contributed by atoms with Gasteiger partial charge in [-0.15, -0.1) is 0 Å². The molecule has 0 aliphatic rings. The summed E-state index contributed by atoms with van der Waals surface area (Å²) in [4.78, 5) is 0. The third-order valence-corrected chi connectivity index (χ3v) is 1.76. The monoisotopic (exact) mass is 200 g/mol. The lowest BCUT2D eigenvalue weighted by Crippen LogP contribution is -2.22. The molecular weight excluding hydrogens is 180 g/mol. The summed E-state index contributed by atoms with van der Waals surface area (Å²) in [6.07, 6.45) is 9.97. The molecule has 0 aromatic heterocycles. The van der Waals surface area contributed by atoms with E-state index in [1.54, 1.807) is 0 Å². The van der Waals surface area contributed by atoms with Gasteiger partial charge < -0.3 is 0 Å². The number of allylic oxidation sites excluding steroid dienone is 3. The average molecular weight is 200 g/mol. The Hall–Kier alpha value is -1.56. The molecule has 1 aromatic rings. The minimum absolute atomic E-state index is 1.20. The molecule has 0 saturated carbocycles. The fourth-order valence-electron chi connectivity index (χ4n) is 1.14. The average Bonchev–Trinajstić information content (AvgIpc) is 2.31. The largest absolute Gasteiger partial charge is 0.0990 e. The van der Waals surface area contributed by atoms with Crippen LogP contribution in [0.2, 0.25) is 0 Å². The highest BCUT2D eigenvalue weighted by Crippen LogP contribution is 1.75. The zero-order valence-electron chi connectivity index (χ0n) is 9.90. The van der Waals surface area contributed by atoms with Crippen LogP contribution in [-0.4, -0.2) is 0 Å². The second-order valence-corrected chi connectivity index (χ2v) is 2.72. The van der Waals surface area contributed by atoms with Crippen LogP contribution in [0, 0.1) is 0 Å². The van der Waals surface area contributed by atoms with Gasteiger partial charge in [0.1, 0.15) is 0 Å². The first-order valence-corrected chi connectivity index (χ1v) is 5.39. The predicted octanol–water partition coefficient (Wildman–Crippen LogP) is 3.04. The number of rotatable bonds is 2. The van der Waals surface area contributed by atoms with E-state index in [1.165, 1.54) is 10.4 Å². The lowest BCUT2D eigenvalue weighted by atomic mass is 10.2. The number of benzene rings is 1. The maximum Gasteiger partial charge on any atom is -0.0184 e. The summed E-state index contributed by atoms with van der Waals surface area (Å²) < 4.78 is 0. The molecule has 0 saturated heterocycles. The van der Waals surface area contributed by atoms with Crippen molar-refractivity contribution in [3.05, 3.63) is 59.5 Å². The Morgan fingerprint density at radius 3 is 2.00 bits per heavy atom. The Morgan fingerprint density at radius 2 is 1.53 bits per heavy atom. The van der Waals surface area contributed by atoms with Crippen LogP contribution in [0.1, 0.15) is 20.8 Å². The first kappa shape index (κ1) is 13.4. The van der Waals surface area contributed by atoms with Crippen LogP contribution in [-0.2, 0) is 0 Å². The van der Waals surface area contributed by atoms with Crippen molar-refractivity contribution in [1.29, 1.82) is 0 Å². The summed E-state index contributed by atoms with van der Waals surface area (Å²) in [5, 5.41) is 2.43. The molecule has 15 heavy (non-hydrogen) atoms. The van der Waals surface area contributed by atoms with Gasteiger partial charge in [0.2, 0.25) is 0 Å². The second kappa shape index (κ2) is 9.01. The molecule has 80 valence electrons. The molecule has 0 heterocycles. The normalized spacial score (nSPS) is 12.5. The Bertz CT molecular complexity index is 408. The van der Waals surface area contributed by atoms with Gasteiger partial charge in [0.05, 0.1) is 0 Å². The first-order chi connectivity index (χ1) is 7.38. The summed E-state index contributed by atoms with van der Waals surface area (Å²) in [6.45, 7) is 9.70. The van der Waals surface area contributed by atoms with Gasteiger partial charge >= 0.3 is 0 Å². The predicted molar refractivity (Wildman–Crippen MR) is 71.0 cm³/mol. The summed E-state index contributed by atoms with van der Waals surface area (Å²) in [5.74, 6) is 0. The van der Waals surface area contributed by atoms with Crippen molar-refractivity contribution in [2.24, 2.45) is 0 Å². The van der Waals surface area contributed by atoms with Crippen molar-refractivity contribution in [3.63, 3.8) is 0 Å². The van der Waals surface area contributed by atoms with E-state index in [2.05, 4.69) is 24.8 Å². The van der Waals surface area contributed by atoms with Crippen molar-refractivity contribution in [3.8, 4) is 0 Å². The fourth-order valence-corrected chi connectivity index (χ4v) is 1.14. The molecule has 0 spiro atoms. The van der Waals surface area contributed by atoms with E-state index in [1.807, 2.05) is 57.2 Å². The van der Waals surface area contributed by atoms with Gasteiger partial charge in [-0.05, 0) is 17.4 Å². The van der Waals surface area contributed by atoms with Gasteiger partial charge in [-0.2, -0.15) is 0 Å². The highest BCUT2D eigenvalue weighted by molar-refractivity contribution is 5.42. The van der Waals surface area contributed by atoms with Gasteiger partial charge in [0.25, 0.3) is 0 Å². The standard InChI is InChI=1S/C13H14.C2H6/c1-3-5-9-13-11-7-6-10-12(13)8-4-2;1-2/h3-11H,2H2,1H3;1-2H3/b5-3-,12-8-,13-9-;. The van der Waals surface area contributed by atoms with E-state index in [9.17, 15) is 0 Å². The molecule has 1 aromatic carbocycles. The highest BCUT2D eigenvalue weighted by atomic mass is 13.8. The van der Waals surface area contributed by atoms with Gasteiger partial charge in [-0.25, -0.2) is 0 Å². The summed E-state index contributed by atoms with van der Waals surface area (Å²) >= 11 is 0. The molecule has 0 nitrogen and oxygen atoms in total. The lowest BCUT2D eigenvalue weighted by molar-refractivity contribution is 1.50. The smallest absolute Gasteiger partial charge is 0.0184 e. The Labute approximate surface area is 93.0 Å². The molecule has 0 aliphatic heterocycles. The minimum atomic E-state index is 1.20. The van der Waals surface area contributed by atoms with Crippen LogP contribution in [0.5, 0.6) is 0 Å². The van der Waals surface area contributed by atoms with Crippen LogP contribution in [0.15, 0.2) is 49.1 Å². The highest BCUT2D eigenvalue weighted by Gasteiger charge is 1.79. The summed E-state index contributed by atoms with van der Waals surface area (Å²) in [7, 11) is 0. The van der Waals surface area contributed by atoms with E-state index in [-0.39, 0.29) is 0 Å². The third kappa shape index (κ3) is 5.02. The SMILES string of the molecule is C=C/C=c1/cccc/c1=C/C=C\C.CC. The van der Waals surface area contributed by atoms with E-state index < -0.39 is 0 Å². The zero-order chi connectivity index (χ0) is 11.5. The van der Waals surface area contributed by atoms with E-state index in [4.69, 9.17) is 0 Å². The molecule has 1 rings (SSSR count). The maximum absolute atomic E-state index is 3.69. The fraction of sp³-hybridized carbons (Fsp3) is 0.200. The minimum Gasteiger partial charge on any atom is -0.0990 e. The number of hydrogen-bond acceptors (Lipinski definition) is 0. The lowest BCUT2D eigenvalue weighted by Gasteiger charge is -1.87. The Balaban J connectivity index is 0.000000921. The van der Waals surface area contributed by atoms with Crippen molar-refractivity contribution >= 4 is 12.2 Å². The van der Waals surface area contributed by atoms with Crippen molar-refractivity contribution in [1.82, 2.24) is 0 Å². The maximum atomic E-state index is 3.69. The van der Waals surface area contributed by atoms with Crippen molar-refractivity contribution in [2.45, 2.75) is 20.8 Å². The van der Waals surface area contributed by atoms with Crippen LogP contribution in [0.3, 0.4) is 0 Å². The van der Waals surface area contributed by atoms with Gasteiger partial charge in [0, 0.05) is 0 Å². The Kier molecular flexibility index (Phi) is 8.08. The molecular formula is C15H20. The van der Waals surface area contributed by atoms with Crippen LogP contribution in [0.4, 0.5) is 0 Å². The van der Waals surface area contributed by atoms with Gasteiger partial charge in [-0.1, -0.05) is 75.1 Å². The molecule has 0 heteroatoms. The topological polar surface area (TPSA) is 0 Å². The van der Waals surface area contributed by atoms with E-state index in [0.717, 1.165) is 0 Å². The van der Waals surface area contributed by atoms with Gasteiger partial charge in [-0.3, -0.25) is 0 Å². The Morgan fingerprint density at radius 1 is 1.00 bits per heavy atom.